The van der Waals surface area contributed by atoms with Crippen molar-refractivity contribution in [3.8, 4) is 5.75 Å². The minimum Gasteiger partial charge on any atom is -0.386 e. The third-order valence-electron chi connectivity index (χ3n) is 3.28. The Morgan fingerprint density at radius 3 is 2.35 bits per heavy atom. The van der Waals surface area contributed by atoms with Gasteiger partial charge in [-0.25, -0.2) is 9.59 Å². The van der Waals surface area contributed by atoms with E-state index in [1.54, 1.807) is 12.1 Å². The molecule has 0 amide bonds. The van der Waals surface area contributed by atoms with E-state index in [0.29, 0.717) is 0 Å². The van der Waals surface area contributed by atoms with Gasteiger partial charge in [0.15, 0.2) is 5.75 Å². The second-order valence-electron chi connectivity index (χ2n) is 4.74. The predicted molar refractivity (Wildman–Crippen MR) is 78.3 cm³/mol. The van der Waals surface area contributed by atoms with Gasteiger partial charge in [-0.2, -0.15) is 8.42 Å². The first-order valence-electron chi connectivity index (χ1n) is 6.55. The fourth-order valence-electron chi connectivity index (χ4n) is 2.13. The predicted octanol–water partition coefficient (Wildman–Crippen LogP) is 1.22. The summed E-state index contributed by atoms with van der Waals surface area (Å²) >= 11 is 0. The minimum absolute atomic E-state index is 0.0267. The summed E-state index contributed by atoms with van der Waals surface area (Å²) in [7, 11) is -4.16. The Morgan fingerprint density at radius 2 is 1.70 bits per heavy atom. The van der Waals surface area contributed by atoms with Gasteiger partial charge in [0.2, 0.25) is 0 Å². The van der Waals surface area contributed by atoms with Crippen LogP contribution in [0.25, 0.3) is 0 Å². The maximum Gasteiger partial charge on any atom is 0.350 e. The van der Waals surface area contributed by atoms with Gasteiger partial charge in [-0.1, -0.05) is 18.2 Å². The van der Waals surface area contributed by atoms with Gasteiger partial charge in [0, 0.05) is 6.54 Å². The van der Waals surface area contributed by atoms with Crippen molar-refractivity contribution in [2.45, 2.75) is 11.4 Å². The molecular formula is C15H11NO6S. The van der Waals surface area contributed by atoms with Crippen molar-refractivity contribution in [1.29, 1.82) is 0 Å². The Labute approximate surface area is 131 Å². The van der Waals surface area contributed by atoms with Crippen LogP contribution in [0.1, 0.15) is 26.3 Å². The number of hydrogen-bond acceptors (Lipinski definition) is 7. The summed E-state index contributed by atoms with van der Waals surface area (Å²) in [5.41, 5.74) is 6.00. The maximum absolute atomic E-state index is 12.3. The van der Waals surface area contributed by atoms with Crippen LogP contribution >= 0.6 is 0 Å². The first-order chi connectivity index (χ1) is 10.9. The fraction of sp³-hybridized carbons (Fsp3) is 0.0667. The molecule has 0 unspecified atom stereocenters. The number of esters is 2. The zero-order valence-electron chi connectivity index (χ0n) is 11.7. The van der Waals surface area contributed by atoms with Crippen molar-refractivity contribution in [2.24, 2.45) is 5.73 Å². The van der Waals surface area contributed by atoms with E-state index in [4.69, 9.17) is 9.92 Å². The Kier molecular flexibility index (Phi) is 3.63. The van der Waals surface area contributed by atoms with Crippen LogP contribution in [0.2, 0.25) is 0 Å². The van der Waals surface area contributed by atoms with Crippen LogP contribution < -0.4 is 9.92 Å². The molecule has 0 spiro atoms. The highest BCUT2D eigenvalue weighted by Gasteiger charge is 2.34. The number of rotatable bonds is 4. The number of cyclic esters (lactones) is 2. The molecule has 118 valence electrons. The molecule has 0 aliphatic carbocycles. The van der Waals surface area contributed by atoms with Gasteiger partial charge >= 0.3 is 22.1 Å². The summed E-state index contributed by atoms with van der Waals surface area (Å²) in [5.74, 6) is -2.02. The summed E-state index contributed by atoms with van der Waals surface area (Å²) in [5, 5.41) is 0. The van der Waals surface area contributed by atoms with Crippen LogP contribution in [0, 0.1) is 0 Å². The molecule has 2 aromatic rings. The van der Waals surface area contributed by atoms with Crippen molar-refractivity contribution in [1.82, 2.24) is 0 Å². The third kappa shape index (κ3) is 2.69. The maximum atomic E-state index is 12.3. The highest BCUT2D eigenvalue weighted by Crippen LogP contribution is 2.31. The smallest absolute Gasteiger partial charge is 0.350 e. The minimum atomic E-state index is -4.16. The van der Waals surface area contributed by atoms with Crippen LogP contribution in [-0.2, 0) is 21.4 Å². The van der Waals surface area contributed by atoms with Crippen molar-refractivity contribution in [3.63, 3.8) is 0 Å². The van der Waals surface area contributed by atoms with E-state index < -0.39 is 22.1 Å². The number of carbonyl (C=O) groups excluding carboxylic acids is 2. The molecule has 0 atom stereocenters. The van der Waals surface area contributed by atoms with Gasteiger partial charge in [-0.05, 0) is 29.8 Å². The van der Waals surface area contributed by atoms with Crippen molar-refractivity contribution < 1.29 is 26.9 Å². The van der Waals surface area contributed by atoms with E-state index >= 15 is 0 Å². The molecule has 1 heterocycles. The van der Waals surface area contributed by atoms with Crippen molar-refractivity contribution >= 4 is 22.1 Å². The van der Waals surface area contributed by atoms with Crippen molar-refractivity contribution in [3.05, 3.63) is 59.2 Å². The highest BCUT2D eigenvalue weighted by molar-refractivity contribution is 7.87. The fourth-order valence-corrected chi connectivity index (χ4v) is 3.07. The molecule has 23 heavy (non-hydrogen) atoms. The van der Waals surface area contributed by atoms with Gasteiger partial charge in [-0.15, -0.1) is 0 Å². The lowest BCUT2D eigenvalue weighted by Gasteiger charge is -2.09. The molecule has 2 N–H and O–H groups in total. The van der Waals surface area contributed by atoms with E-state index in [-0.39, 0.29) is 28.3 Å². The van der Waals surface area contributed by atoms with Crippen LogP contribution in [0.5, 0.6) is 5.75 Å². The monoisotopic (exact) mass is 333 g/mol. The molecule has 0 fully saturated rings. The molecule has 0 saturated heterocycles. The van der Waals surface area contributed by atoms with Gasteiger partial charge in [0.05, 0.1) is 5.56 Å². The zero-order chi connectivity index (χ0) is 16.6. The number of benzene rings is 2. The number of carbonyl (C=O) groups is 2. The van der Waals surface area contributed by atoms with Crippen LogP contribution in [0.15, 0.2) is 47.4 Å². The lowest BCUT2D eigenvalue weighted by Crippen LogP contribution is -2.12. The van der Waals surface area contributed by atoms with Crippen LogP contribution in [0.3, 0.4) is 0 Å². The van der Waals surface area contributed by atoms with Gasteiger partial charge in [0.25, 0.3) is 0 Å². The Hall–Kier alpha value is -2.71. The topological polar surface area (TPSA) is 113 Å². The number of nitrogens with two attached hydrogens (primary N) is 1. The summed E-state index contributed by atoms with van der Waals surface area (Å²) in [6.07, 6.45) is 0. The SMILES string of the molecule is NCc1ccc(S(=O)(=O)Oc2cccc3c2C(=O)OC3=O)cc1. The molecule has 1 aliphatic rings. The molecule has 0 saturated carbocycles. The summed E-state index contributed by atoms with van der Waals surface area (Å²) < 4.78 is 34.1. The van der Waals surface area contributed by atoms with E-state index in [2.05, 4.69) is 4.74 Å². The summed E-state index contributed by atoms with van der Waals surface area (Å²) in [4.78, 5) is 23.1. The molecule has 0 bridgehead atoms. The summed E-state index contributed by atoms with van der Waals surface area (Å²) in [6.45, 7) is 0.279. The normalized spacial score (nSPS) is 13.6. The average Bonchev–Trinajstić information content (AvgIpc) is 2.83. The molecule has 8 heteroatoms. The largest absolute Gasteiger partial charge is 0.386 e. The Balaban J connectivity index is 1.99. The van der Waals surface area contributed by atoms with Gasteiger partial charge < -0.3 is 14.7 Å². The number of fused-ring (bicyclic) bond motifs is 1. The number of hydrogen-bond donors (Lipinski definition) is 1. The lowest BCUT2D eigenvalue weighted by atomic mass is 10.1. The molecule has 0 aromatic heterocycles. The molecular weight excluding hydrogens is 322 g/mol. The first-order valence-corrected chi connectivity index (χ1v) is 7.96. The Morgan fingerprint density at radius 1 is 1.00 bits per heavy atom. The van der Waals surface area contributed by atoms with Gasteiger partial charge in [-0.3, -0.25) is 0 Å². The zero-order valence-corrected chi connectivity index (χ0v) is 12.5. The van der Waals surface area contributed by atoms with Crippen LogP contribution in [0.4, 0.5) is 0 Å². The quantitative estimate of drug-likeness (QED) is 0.508. The molecule has 1 aliphatic heterocycles. The third-order valence-corrected chi connectivity index (χ3v) is 4.53. The first kappa shape index (κ1) is 15.2. The van der Waals surface area contributed by atoms with E-state index in [1.807, 2.05) is 0 Å². The van der Waals surface area contributed by atoms with E-state index in [1.165, 1.54) is 30.3 Å². The molecule has 7 nitrogen and oxygen atoms in total. The highest BCUT2D eigenvalue weighted by atomic mass is 32.2. The molecule has 2 aromatic carbocycles. The van der Waals surface area contributed by atoms with Gasteiger partial charge in [0.1, 0.15) is 10.5 Å². The lowest BCUT2D eigenvalue weighted by molar-refractivity contribution is 0.0443. The van der Waals surface area contributed by atoms with E-state index in [9.17, 15) is 18.0 Å². The summed E-state index contributed by atoms with van der Waals surface area (Å²) in [6, 6.07) is 9.87. The van der Waals surface area contributed by atoms with E-state index in [0.717, 1.165) is 5.56 Å². The Bertz CT molecular complexity index is 902. The average molecular weight is 333 g/mol. The second-order valence-corrected chi connectivity index (χ2v) is 6.29. The second kappa shape index (κ2) is 5.49. The number of ether oxygens (including phenoxy) is 1. The molecule has 3 rings (SSSR count). The van der Waals surface area contributed by atoms with Crippen LogP contribution in [-0.4, -0.2) is 20.4 Å². The molecule has 0 radical (unpaired) electrons. The standard InChI is InChI=1S/C15H11NO6S/c16-8-9-4-6-10(7-5-9)23(19,20)22-12-3-1-2-11-13(12)15(18)21-14(11)17/h1-7H,8,16H2. The van der Waals surface area contributed by atoms with Crippen molar-refractivity contribution in [2.75, 3.05) is 0 Å².